The van der Waals surface area contributed by atoms with Gasteiger partial charge < -0.3 is 4.42 Å². The fourth-order valence-electron chi connectivity index (χ4n) is 8.43. The molecule has 4 nitrogen and oxygen atoms in total. The summed E-state index contributed by atoms with van der Waals surface area (Å²) in [5.41, 5.74) is 7.76. The highest BCUT2D eigenvalue weighted by atomic mass is 16.3. The molecule has 0 N–H and O–H groups in total. The van der Waals surface area contributed by atoms with E-state index in [-0.39, 0.29) is 0 Å². The zero-order valence-corrected chi connectivity index (χ0v) is 31.9. The Kier molecular flexibility index (Phi) is 9.81. The molecule has 0 saturated carbocycles. The van der Waals surface area contributed by atoms with Gasteiger partial charge in [-0.3, -0.25) is 0 Å². The highest BCUT2D eigenvalue weighted by Crippen LogP contribution is 2.44. The molecular weight excluding hydrogens is 671 g/mol. The summed E-state index contributed by atoms with van der Waals surface area (Å²) in [6.45, 7) is 4.59. The van der Waals surface area contributed by atoms with Crippen LogP contribution in [0.1, 0.15) is 76.3 Å². The quantitative estimate of drug-likeness (QED) is 0.0880. The Morgan fingerprint density at radius 1 is 0.400 bits per heavy atom. The molecule has 9 rings (SSSR count). The largest absolute Gasteiger partial charge is 0.455 e. The average molecular weight is 718 g/mol. The fourth-order valence-corrected chi connectivity index (χ4v) is 8.43. The molecule has 0 aliphatic heterocycles. The Morgan fingerprint density at radius 2 is 0.891 bits per heavy atom. The average Bonchev–Trinajstić information content (AvgIpc) is 3.63. The number of rotatable bonds is 13. The van der Waals surface area contributed by atoms with Gasteiger partial charge in [-0.05, 0) is 81.9 Å². The number of benzene rings is 7. The SMILES string of the molecule is CCCCCCc1cc2c3cc(-c4nc(-c5ccccc5)nc(-c5ccccc5)n4)ccc3c3c(ccc4c5ccccc5oc43)c2cc1CCCCCC. The Morgan fingerprint density at radius 3 is 1.49 bits per heavy atom. The van der Waals surface area contributed by atoms with Crippen LogP contribution in [-0.2, 0) is 12.8 Å². The number of hydrogen-bond donors (Lipinski definition) is 0. The van der Waals surface area contributed by atoms with Crippen molar-refractivity contribution in [3.63, 3.8) is 0 Å². The summed E-state index contributed by atoms with van der Waals surface area (Å²) in [6, 6.07) is 45.3. The standard InChI is InChI=1S/C51H47N3O/c1-3-5-7-11-23-36-31-43-41-29-30-42-39-25-17-18-26-46(39)55-48(42)47(41)40-28-27-38(33-44(40)45(43)32-37(36)24-12-8-6-4-2)51-53-49(34-19-13-9-14-20-34)52-50(54-51)35-21-15-10-16-22-35/h9-10,13-22,25-33H,3-8,11-12,23-24H2,1-2H3. The molecule has 2 aromatic heterocycles. The maximum atomic E-state index is 6.76. The van der Waals surface area contributed by atoms with Crippen LogP contribution in [0.4, 0.5) is 0 Å². The third kappa shape index (κ3) is 6.76. The molecule has 9 aromatic rings. The minimum absolute atomic E-state index is 0.664. The number of hydrogen-bond acceptors (Lipinski definition) is 4. The molecule has 0 radical (unpaired) electrons. The van der Waals surface area contributed by atoms with Gasteiger partial charge in [0.05, 0.1) is 0 Å². The first-order chi connectivity index (χ1) is 27.2. The molecule has 0 unspecified atom stereocenters. The van der Waals surface area contributed by atoms with Gasteiger partial charge >= 0.3 is 0 Å². The van der Waals surface area contributed by atoms with E-state index in [1.165, 1.54) is 94.8 Å². The highest BCUT2D eigenvalue weighted by Gasteiger charge is 2.20. The lowest BCUT2D eigenvalue weighted by molar-refractivity contribution is 0.651. The highest BCUT2D eigenvalue weighted by molar-refractivity contribution is 6.32. The van der Waals surface area contributed by atoms with Gasteiger partial charge in [0.2, 0.25) is 0 Å². The van der Waals surface area contributed by atoms with Gasteiger partial charge in [-0.1, -0.05) is 162 Å². The van der Waals surface area contributed by atoms with Crippen molar-refractivity contribution < 1.29 is 4.42 Å². The van der Waals surface area contributed by atoms with Gasteiger partial charge in [0.25, 0.3) is 0 Å². The first-order valence-corrected chi connectivity index (χ1v) is 20.3. The smallest absolute Gasteiger partial charge is 0.164 e. The summed E-state index contributed by atoms with van der Waals surface area (Å²) in [6.07, 6.45) is 12.2. The van der Waals surface area contributed by atoms with Crippen molar-refractivity contribution in [3.05, 3.63) is 139 Å². The van der Waals surface area contributed by atoms with Crippen molar-refractivity contribution in [1.29, 1.82) is 0 Å². The molecule has 272 valence electrons. The molecule has 4 heteroatoms. The first kappa shape index (κ1) is 34.9. The Balaban J connectivity index is 1.31. The van der Waals surface area contributed by atoms with Crippen LogP contribution < -0.4 is 0 Å². The molecule has 2 heterocycles. The van der Waals surface area contributed by atoms with Crippen molar-refractivity contribution in [2.24, 2.45) is 0 Å². The topological polar surface area (TPSA) is 51.8 Å². The second kappa shape index (κ2) is 15.5. The van der Waals surface area contributed by atoms with E-state index >= 15 is 0 Å². The molecule has 0 atom stereocenters. The summed E-state index contributed by atoms with van der Waals surface area (Å²) >= 11 is 0. The third-order valence-corrected chi connectivity index (χ3v) is 11.3. The van der Waals surface area contributed by atoms with Gasteiger partial charge in [-0.15, -0.1) is 0 Å². The van der Waals surface area contributed by atoms with Crippen LogP contribution in [0.3, 0.4) is 0 Å². The number of unbranched alkanes of at least 4 members (excludes halogenated alkanes) is 6. The van der Waals surface area contributed by atoms with Crippen LogP contribution in [-0.4, -0.2) is 15.0 Å². The second-order valence-corrected chi connectivity index (χ2v) is 15.0. The Bertz CT molecular complexity index is 2730. The number of aryl methyl sites for hydroxylation is 2. The maximum absolute atomic E-state index is 6.76. The summed E-state index contributed by atoms with van der Waals surface area (Å²) in [5.74, 6) is 2.00. The summed E-state index contributed by atoms with van der Waals surface area (Å²) in [4.78, 5) is 15.2. The van der Waals surface area contributed by atoms with E-state index in [0.717, 1.165) is 51.5 Å². The number of para-hydroxylation sites is 1. The predicted molar refractivity (Wildman–Crippen MR) is 232 cm³/mol. The van der Waals surface area contributed by atoms with Gasteiger partial charge in [0.1, 0.15) is 11.2 Å². The number of furan rings is 1. The molecule has 0 bridgehead atoms. The number of aromatic nitrogens is 3. The monoisotopic (exact) mass is 717 g/mol. The summed E-state index contributed by atoms with van der Waals surface area (Å²) in [7, 11) is 0. The van der Waals surface area contributed by atoms with Crippen molar-refractivity contribution in [3.8, 4) is 34.2 Å². The predicted octanol–water partition coefficient (Wildman–Crippen LogP) is 14.5. The van der Waals surface area contributed by atoms with E-state index < -0.39 is 0 Å². The third-order valence-electron chi connectivity index (χ3n) is 11.3. The van der Waals surface area contributed by atoms with Crippen LogP contribution in [0, 0.1) is 0 Å². The minimum Gasteiger partial charge on any atom is -0.455 e. The normalized spacial score (nSPS) is 11.8. The number of fused-ring (bicyclic) bond motifs is 10. The lowest BCUT2D eigenvalue weighted by Gasteiger charge is -2.17. The van der Waals surface area contributed by atoms with E-state index in [2.05, 4.69) is 105 Å². The van der Waals surface area contributed by atoms with Crippen LogP contribution in [0.5, 0.6) is 0 Å². The van der Waals surface area contributed by atoms with E-state index in [9.17, 15) is 0 Å². The van der Waals surface area contributed by atoms with Gasteiger partial charge in [-0.2, -0.15) is 0 Å². The van der Waals surface area contributed by atoms with Crippen LogP contribution in [0.25, 0.3) is 88.4 Å². The van der Waals surface area contributed by atoms with Crippen LogP contribution >= 0.6 is 0 Å². The Hall–Kier alpha value is -5.87. The second-order valence-electron chi connectivity index (χ2n) is 15.0. The van der Waals surface area contributed by atoms with E-state index in [1.807, 2.05) is 36.4 Å². The van der Waals surface area contributed by atoms with Crippen molar-refractivity contribution in [2.75, 3.05) is 0 Å². The lowest BCUT2D eigenvalue weighted by Crippen LogP contribution is -2.00. The molecular formula is C51H47N3O. The van der Waals surface area contributed by atoms with Crippen LogP contribution in [0.2, 0.25) is 0 Å². The molecule has 0 fully saturated rings. The minimum atomic E-state index is 0.664. The molecule has 55 heavy (non-hydrogen) atoms. The maximum Gasteiger partial charge on any atom is 0.164 e. The summed E-state index contributed by atoms with van der Waals surface area (Å²) < 4.78 is 6.76. The first-order valence-electron chi connectivity index (χ1n) is 20.3. The number of nitrogens with zero attached hydrogens (tertiary/aromatic N) is 3. The van der Waals surface area contributed by atoms with Gasteiger partial charge in [0.15, 0.2) is 17.5 Å². The molecule has 0 saturated heterocycles. The van der Waals surface area contributed by atoms with Crippen LogP contribution in [0.15, 0.2) is 132 Å². The summed E-state index contributed by atoms with van der Waals surface area (Å²) in [5, 5.41) is 9.66. The molecule has 0 aliphatic carbocycles. The van der Waals surface area contributed by atoms with Gasteiger partial charge in [0, 0.05) is 32.8 Å². The molecule has 7 aromatic carbocycles. The molecule has 0 amide bonds. The van der Waals surface area contributed by atoms with E-state index in [1.54, 1.807) is 0 Å². The van der Waals surface area contributed by atoms with Gasteiger partial charge in [-0.25, -0.2) is 15.0 Å². The van der Waals surface area contributed by atoms with Crippen molar-refractivity contribution in [2.45, 2.75) is 78.1 Å². The van der Waals surface area contributed by atoms with Crippen molar-refractivity contribution in [1.82, 2.24) is 15.0 Å². The molecule has 0 spiro atoms. The molecule has 0 aliphatic rings. The zero-order valence-electron chi connectivity index (χ0n) is 31.9. The van der Waals surface area contributed by atoms with E-state index in [4.69, 9.17) is 19.4 Å². The van der Waals surface area contributed by atoms with Crippen molar-refractivity contribution >= 4 is 54.3 Å². The Labute approximate surface area is 323 Å². The zero-order chi connectivity index (χ0) is 37.1. The van der Waals surface area contributed by atoms with E-state index in [0.29, 0.717) is 17.5 Å². The lowest BCUT2D eigenvalue weighted by atomic mass is 9.87. The fraction of sp³-hybridized carbons (Fsp3) is 0.235.